The zero-order valence-electron chi connectivity index (χ0n) is 26.1. The highest BCUT2D eigenvalue weighted by Crippen LogP contribution is 2.77. The van der Waals surface area contributed by atoms with Crippen LogP contribution in [-0.4, -0.2) is 35.7 Å². The van der Waals surface area contributed by atoms with Crippen LogP contribution in [0.3, 0.4) is 0 Å². The van der Waals surface area contributed by atoms with Crippen LogP contribution < -0.4 is 5.32 Å². The predicted octanol–water partition coefficient (Wildman–Crippen LogP) is 7.39. The first-order valence-corrected chi connectivity index (χ1v) is 16.5. The maximum absolute atomic E-state index is 13.0. The fourth-order valence-electron chi connectivity index (χ4n) is 12.8. The molecule has 0 radical (unpaired) electrons. The Morgan fingerprint density at radius 2 is 1.60 bits per heavy atom. The maximum atomic E-state index is 13.0. The average molecular weight is 554 g/mol. The van der Waals surface area contributed by atoms with Gasteiger partial charge in [-0.15, -0.1) is 0 Å². The summed E-state index contributed by atoms with van der Waals surface area (Å²) in [4.78, 5) is 25.9. The lowest BCUT2D eigenvalue weighted by atomic mass is 9.32. The van der Waals surface area contributed by atoms with Gasteiger partial charge >= 0.3 is 11.9 Å². The van der Waals surface area contributed by atoms with Crippen molar-refractivity contribution >= 4 is 11.9 Å². The first kappa shape index (κ1) is 28.7. The Morgan fingerprint density at radius 3 is 2.25 bits per heavy atom. The highest BCUT2D eigenvalue weighted by molar-refractivity contribution is 5.76. The molecule has 224 valence electrons. The van der Waals surface area contributed by atoms with Crippen molar-refractivity contribution < 1.29 is 19.4 Å². The second-order valence-electron chi connectivity index (χ2n) is 16.6. The van der Waals surface area contributed by atoms with Crippen LogP contribution >= 0.6 is 0 Å². The number of esters is 1. The quantitative estimate of drug-likeness (QED) is 0.280. The van der Waals surface area contributed by atoms with E-state index in [1.54, 1.807) is 0 Å². The Hall–Kier alpha value is -1.36. The van der Waals surface area contributed by atoms with Crippen molar-refractivity contribution in [2.45, 2.75) is 131 Å². The van der Waals surface area contributed by atoms with Crippen molar-refractivity contribution in [3.63, 3.8) is 0 Å². The number of allylic oxidation sites excluding steroid dienone is 1. The molecule has 5 heteroatoms. The molecule has 5 saturated carbocycles. The number of ether oxygens (including phenoxy) is 1. The van der Waals surface area contributed by atoms with Crippen molar-refractivity contribution in [3.8, 4) is 0 Å². The second-order valence-corrected chi connectivity index (χ2v) is 16.6. The van der Waals surface area contributed by atoms with Crippen LogP contribution in [0.25, 0.3) is 0 Å². The number of hydrogen-bond donors (Lipinski definition) is 2. The molecule has 0 unspecified atom stereocenters. The Bertz CT molecular complexity index is 1080. The molecule has 11 atom stereocenters. The van der Waals surface area contributed by atoms with Gasteiger partial charge in [-0.1, -0.05) is 46.8 Å². The highest BCUT2D eigenvalue weighted by Gasteiger charge is 2.72. The lowest BCUT2D eigenvalue weighted by Crippen LogP contribution is -2.67. The van der Waals surface area contributed by atoms with Crippen molar-refractivity contribution in [1.29, 1.82) is 0 Å². The van der Waals surface area contributed by atoms with E-state index in [9.17, 15) is 14.7 Å². The first-order chi connectivity index (χ1) is 18.7. The summed E-state index contributed by atoms with van der Waals surface area (Å²) >= 11 is 0. The van der Waals surface area contributed by atoms with E-state index in [2.05, 4.69) is 53.4 Å². The fourth-order valence-corrected chi connectivity index (χ4v) is 12.8. The van der Waals surface area contributed by atoms with Gasteiger partial charge in [0.05, 0.1) is 5.41 Å². The molecule has 5 nitrogen and oxygen atoms in total. The Kier molecular flexibility index (Phi) is 6.70. The Morgan fingerprint density at radius 1 is 0.850 bits per heavy atom. The third-order valence-electron chi connectivity index (χ3n) is 15.0. The van der Waals surface area contributed by atoms with E-state index in [4.69, 9.17) is 4.74 Å². The zero-order valence-corrected chi connectivity index (χ0v) is 26.1. The molecule has 0 aromatic carbocycles. The van der Waals surface area contributed by atoms with E-state index in [-0.39, 0.29) is 45.7 Å². The average Bonchev–Trinajstić information content (AvgIpc) is 3.55. The Balaban J connectivity index is 1.29. The topological polar surface area (TPSA) is 75.6 Å². The first-order valence-electron chi connectivity index (χ1n) is 16.5. The van der Waals surface area contributed by atoms with Gasteiger partial charge in [-0.05, 0) is 136 Å². The van der Waals surface area contributed by atoms with Crippen molar-refractivity contribution in [1.82, 2.24) is 5.32 Å². The van der Waals surface area contributed by atoms with Crippen LogP contribution in [-0.2, 0) is 14.3 Å². The third-order valence-corrected chi connectivity index (χ3v) is 15.0. The van der Waals surface area contributed by atoms with E-state index < -0.39 is 11.4 Å². The monoisotopic (exact) mass is 553 g/mol. The molecule has 6 fully saturated rings. The molecule has 6 aliphatic rings. The number of carboxylic acids is 1. The van der Waals surface area contributed by atoms with Crippen LogP contribution in [0.4, 0.5) is 0 Å². The van der Waals surface area contributed by atoms with Gasteiger partial charge in [-0.2, -0.15) is 0 Å². The standard InChI is InChI=1S/C35H55NO4/c1-21(2)22-12-17-35(30(38)39)19-18-33(6)23(28(22)35)10-11-26-32(5)15-14-27(40-29(37)24-9-8-20-36-24)31(3,4)25(32)13-16-34(26,33)7/h22-28,36H,1,8-20H2,2-7H3,(H,38,39)/t22-,23+,24-,25-,26+,27-,28+,32-,33+,34+,35-/m0/s1. The summed E-state index contributed by atoms with van der Waals surface area (Å²) in [5, 5.41) is 13.9. The number of fused-ring (bicyclic) bond motifs is 7. The zero-order chi connectivity index (χ0) is 28.9. The van der Waals surface area contributed by atoms with Crippen molar-refractivity contribution in [3.05, 3.63) is 12.2 Å². The Labute approximate surface area is 242 Å². The summed E-state index contributed by atoms with van der Waals surface area (Å²) < 4.78 is 6.30. The molecule has 5 aliphatic carbocycles. The SMILES string of the molecule is C=C(C)[C@@H]1CC[C@]2(C(=O)O)CC[C@]3(C)[C@H](CC[C@@H]4[C@@]5(C)CC[C@H](OC(=O)[C@@H]6CCCN6)C(C)(C)[C@@H]5CC[C@]43C)[C@@H]12. The normalized spacial score (nSPS) is 51.1. The molecule has 1 saturated heterocycles. The molecular weight excluding hydrogens is 498 g/mol. The van der Waals surface area contributed by atoms with E-state index in [1.165, 1.54) is 24.8 Å². The summed E-state index contributed by atoms with van der Waals surface area (Å²) in [5.74, 6) is 1.57. The van der Waals surface area contributed by atoms with Gasteiger partial charge in [-0.3, -0.25) is 9.59 Å². The molecule has 40 heavy (non-hydrogen) atoms. The van der Waals surface area contributed by atoms with Crippen LogP contribution in [0.1, 0.15) is 119 Å². The number of rotatable bonds is 4. The maximum Gasteiger partial charge on any atom is 0.323 e. The van der Waals surface area contributed by atoms with Crippen molar-refractivity contribution in [2.75, 3.05) is 6.54 Å². The highest BCUT2D eigenvalue weighted by atomic mass is 16.5. The summed E-state index contributed by atoms with van der Waals surface area (Å²) in [6.07, 6.45) is 12.4. The van der Waals surface area contributed by atoms with E-state index in [0.717, 1.165) is 64.3 Å². The minimum Gasteiger partial charge on any atom is -0.481 e. The number of carbonyl (C=O) groups excluding carboxylic acids is 1. The van der Waals surface area contributed by atoms with Gasteiger partial charge in [0, 0.05) is 5.41 Å². The predicted molar refractivity (Wildman–Crippen MR) is 158 cm³/mol. The summed E-state index contributed by atoms with van der Waals surface area (Å²) in [5.41, 5.74) is 1.14. The van der Waals surface area contributed by atoms with Gasteiger partial charge in [0.25, 0.3) is 0 Å². The van der Waals surface area contributed by atoms with Crippen LogP contribution in [0.5, 0.6) is 0 Å². The number of aliphatic carboxylic acids is 1. The molecule has 0 spiro atoms. The van der Waals surface area contributed by atoms with Gasteiger partial charge in [0.15, 0.2) is 0 Å². The number of carboxylic acid groups (broad SMARTS) is 1. The molecule has 0 aromatic rings. The molecule has 0 bridgehead atoms. The lowest BCUT2D eigenvalue weighted by Gasteiger charge is -2.72. The summed E-state index contributed by atoms with van der Waals surface area (Å²) in [6.45, 7) is 19.9. The molecule has 2 N–H and O–H groups in total. The second kappa shape index (κ2) is 9.32. The minimum atomic E-state index is -0.559. The van der Waals surface area contributed by atoms with Gasteiger partial charge in [0.2, 0.25) is 0 Å². The fraction of sp³-hybridized carbons (Fsp3) is 0.886. The van der Waals surface area contributed by atoms with Crippen LogP contribution in [0, 0.1) is 56.7 Å². The summed E-state index contributed by atoms with van der Waals surface area (Å²) in [6, 6.07) is -0.128. The molecule has 1 aliphatic heterocycles. The smallest absolute Gasteiger partial charge is 0.323 e. The van der Waals surface area contributed by atoms with Gasteiger partial charge < -0.3 is 15.2 Å². The number of carbonyl (C=O) groups is 2. The van der Waals surface area contributed by atoms with E-state index in [1.807, 2.05) is 0 Å². The molecule has 6 rings (SSSR count). The van der Waals surface area contributed by atoms with Crippen LogP contribution in [0.15, 0.2) is 12.2 Å². The lowest BCUT2D eigenvalue weighted by molar-refractivity contribution is -0.250. The molecule has 0 amide bonds. The molecule has 1 heterocycles. The number of nitrogens with one attached hydrogen (secondary N) is 1. The molecule has 0 aromatic heterocycles. The van der Waals surface area contributed by atoms with Crippen LogP contribution in [0.2, 0.25) is 0 Å². The summed E-state index contributed by atoms with van der Waals surface area (Å²) in [7, 11) is 0. The third kappa shape index (κ3) is 3.67. The minimum absolute atomic E-state index is 0.0163. The van der Waals surface area contributed by atoms with Gasteiger partial charge in [-0.25, -0.2) is 0 Å². The van der Waals surface area contributed by atoms with E-state index >= 15 is 0 Å². The molecular formula is C35H55NO4. The van der Waals surface area contributed by atoms with Crippen molar-refractivity contribution in [2.24, 2.45) is 56.7 Å². The van der Waals surface area contributed by atoms with E-state index in [0.29, 0.717) is 23.7 Å². The largest absolute Gasteiger partial charge is 0.481 e. The number of hydrogen-bond acceptors (Lipinski definition) is 4. The van der Waals surface area contributed by atoms with Gasteiger partial charge in [0.1, 0.15) is 12.1 Å².